The Balaban J connectivity index is 3.06. The minimum Gasteiger partial charge on any atom is -0.326 e. The van der Waals surface area contributed by atoms with Gasteiger partial charge in [-0.2, -0.15) is 0 Å². The molecule has 0 saturated carbocycles. The zero-order valence-corrected chi connectivity index (χ0v) is 7.48. The fourth-order valence-electron chi connectivity index (χ4n) is 0.632. The second-order valence-corrected chi connectivity index (χ2v) is 3.02. The van der Waals surface area contributed by atoms with Crippen LogP contribution in [-0.4, -0.2) is 4.98 Å². The third-order valence-corrected chi connectivity index (χ3v) is 1.66. The van der Waals surface area contributed by atoms with Gasteiger partial charge in [0.25, 0.3) is 0 Å². The number of hydrogen-bond acceptors (Lipinski definition) is 2. The Bertz CT molecular complexity index is 219. The van der Waals surface area contributed by atoms with Crippen molar-refractivity contribution in [1.29, 1.82) is 0 Å². The van der Waals surface area contributed by atoms with Crippen LogP contribution in [0.15, 0.2) is 16.7 Å². The maximum atomic E-state index is 5.63. The van der Waals surface area contributed by atoms with E-state index in [1.807, 2.05) is 6.07 Å². The van der Waals surface area contributed by atoms with E-state index in [9.17, 15) is 0 Å². The van der Waals surface area contributed by atoms with Gasteiger partial charge in [-0.1, -0.05) is 11.6 Å². The van der Waals surface area contributed by atoms with Crippen molar-refractivity contribution >= 4 is 27.5 Å². The summed E-state index contributed by atoms with van der Waals surface area (Å²) in [7, 11) is 0. The van der Waals surface area contributed by atoms with Gasteiger partial charge in [-0.25, -0.2) is 4.98 Å². The highest BCUT2D eigenvalue weighted by Gasteiger charge is 1.95. The molecule has 10 heavy (non-hydrogen) atoms. The van der Waals surface area contributed by atoms with Gasteiger partial charge >= 0.3 is 0 Å². The average Bonchev–Trinajstić information content (AvgIpc) is 1.85. The van der Waals surface area contributed by atoms with E-state index in [0.29, 0.717) is 11.7 Å². The van der Waals surface area contributed by atoms with Crippen LogP contribution in [0.3, 0.4) is 0 Å². The van der Waals surface area contributed by atoms with E-state index in [1.165, 1.54) is 0 Å². The van der Waals surface area contributed by atoms with Crippen molar-refractivity contribution in [1.82, 2.24) is 4.98 Å². The molecule has 0 aliphatic rings. The van der Waals surface area contributed by atoms with Gasteiger partial charge in [-0.05, 0) is 33.6 Å². The molecule has 0 bridgehead atoms. The first kappa shape index (κ1) is 7.98. The first-order chi connectivity index (χ1) is 4.72. The van der Waals surface area contributed by atoms with E-state index in [1.54, 1.807) is 6.07 Å². The molecule has 1 heterocycles. The molecule has 2 nitrogen and oxygen atoms in total. The first-order valence-corrected chi connectivity index (χ1v) is 3.91. The Morgan fingerprint density at radius 3 is 2.80 bits per heavy atom. The van der Waals surface area contributed by atoms with Gasteiger partial charge < -0.3 is 5.73 Å². The fourth-order valence-corrected chi connectivity index (χ4v) is 1.45. The van der Waals surface area contributed by atoms with Crippen LogP contribution >= 0.6 is 27.5 Å². The molecule has 0 amide bonds. The van der Waals surface area contributed by atoms with Gasteiger partial charge in [-0.3, -0.25) is 0 Å². The van der Waals surface area contributed by atoms with Gasteiger partial charge in [0.1, 0.15) is 9.76 Å². The van der Waals surface area contributed by atoms with Crippen molar-refractivity contribution in [3.8, 4) is 0 Å². The molecule has 1 aromatic rings. The molecule has 0 atom stereocenters. The highest BCUT2D eigenvalue weighted by Crippen LogP contribution is 2.14. The lowest BCUT2D eigenvalue weighted by molar-refractivity contribution is 1.05. The molecule has 0 saturated heterocycles. The Morgan fingerprint density at radius 2 is 2.30 bits per heavy atom. The van der Waals surface area contributed by atoms with Crippen LogP contribution in [0.2, 0.25) is 5.15 Å². The summed E-state index contributed by atoms with van der Waals surface area (Å²) in [6.45, 7) is 0.487. The van der Waals surface area contributed by atoms with E-state index in [-0.39, 0.29) is 0 Å². The predicted octanol–water partition coefficient (Wildman–Crippen LogP) is 1.96. The van der Waals surface area contributed by atoms with Gasteiger partial charge in [0.2, 0.25) is 0 Å². The Kier molecular flexibility index (Phi) is 2.65. The molecule has 54 valence electrons. The highest BCUT2D eigenvalue weighted by atomic mass is 79.9. The number of nitrogens with two attached hydrogens (primary N) is 1. The van der Waals surface area contributed by atoms with Crippen molar-refractivity contribution < 1.29 is 0 Å². The summed E-state index contributed by atoms with van der Waals surface area (Å²) >= 11 is 8.83. The van der Waals surface area contributed by atoms with Gasteiger partial charge in [0.15, 0.2) is 0 Å². The quantitative estimate of drug-likeness (QED) is 0.736. The molecule has 0 aliphatic heterocycles. The van der Waals surface area contributed by atoms with Crippen LogP contribution in [0, 0.1) is 0 Å². The normalized spacial score (nSPS) is 9.90. The molecule has 0 spiro atoms. The van der Waals surface area contributed by atoms with E-state index in [2.05, 4.69) is 20.9 Å². The van der Waals surface area contributed by atoms with Crippen LogP contribution < -0.4 is 5.73 Å². The second-order valence-electron chi connectivity index (χ2n) is 1.82. The van der Waals surface area contributed by atoms with Crippen molar-refractivity contribution in [3.05, 3.63) is 27.5 Å². The number of pyridine rings is 1. The van der Waals surface area contributed by atoms with Gasteiger partial charge in [0.05, 0.1) is 0 Å². The third kappa shape index (κ3) is 1.94. The minimum atomic E-state index is 0.467. The Hall–Kier alpha value is -0.120. The SMILES string of the molecule is NCc1cc(Cl)nc(Br)c1. The molecule has 2 N–H and O–H groups in total. The predicted molar refractivity (Wildman–Crippen MR) is 44.8 cm³/mol. The standard InChI is InChI=1S/C6H6BrClN2/c7-5-1-4(3-9)2-6(8)10-5/h1-2H,3,9H2. The summed E-state index contributed by atoms with van der Waals surface area (Å²) in [5.41, 5.74) is 6.36. The molecule has 0 aromatic carbocycles. The number of aromatic nitrogens is 1. The molecule has 1 rings (SSSR count). The van der Waals surface area contributed by atoms with Crippen LogP contribution in [0.1, 0.15) is 5.56 Å². The second kappa shape index (κ2) is 3.32. The molecule has 0 aliphatic carbocycles. The lowest BCUT2D eigenvalue weighted by atomic mass is 10.3. The molecule has 0 unspecified atom stereocenters. The smallest absolute Gasteiger partial charge is 0.130 e. The number of rotatable bonds is 1. The van der Waals surface area contributed by atoms with Crippen LogP contribution in [0.25, 0.3) is 0 Å². The third-order valence-electron chi connectivity index (χ3n) is 1.06. The van der Waals surface area contributed by atoms with Crippen molar-refractivity contribution in [3.63, 3.8) is 0 Å². The summed E-state index contributed by atoms with van der Waals surface area (Å²) in [4.78, 5) is 3.91. The van der Waals surface area contributed by atoms with Crippen molar-refractivity contribution in [2.45, 2.75) is 6.54 Å². The number of hydrogen-bond donors (Lipinski definition) is 1. The molecule has 0 radical (unpaired) electrons. The van der Waals surface area contributed by atoms with Crippen LogP contribution in [0.4, 0.5) is 0 Å². The van der Waals surface area contributed by atoms with Gasteiger partial charge in [-0.15, -0.1) is 0 Å². The maximum absolute atomic E-state index is 5.63. The van der Waals surface area contributed by atoms with E-state index >= 15 is 0 Å². The zero-order chi connectivity index (χ0) is 7.56. The zero-order valence-electron chi connectivity index (χ0n) is 5.14. The van der Waals surface area contributed by atoms with Crippen molar-refractivity contribution in [2.75, 3.05) is 0 Å². The summed E-state index contributed by atoms with van der Waals surface area (Å²) in [6.07, 6.45) is 0. The summed E-state index contributed by atoms with van der Waals surface area (Å²) < 4.78 is 0.723. The lowest BCUT2D eigenvalue weighted by Crippen LogP contribution is -1.96. The summed E-state index contributed by atoms with van der Waals surface area (Å²) in [5.74, 6) is 0. The molecule has 1 aromatic heterocycles. The lowest BCUT2D eigenvalue weighted by Gasteiger charge is -1.96. The number of nitrogens with zero attached hydrogens (tertiary/aromatic N) is 1. The molecular formula is C6H6BrClN2. The maximum Gasteiger partial charge on any atom is 0.130 e. The topological polar surface area (TPSA) is 38.9 Å². The van der Waals surface area contributed by atoms with Crippen molar-refractivity contribution in [2.24, 2.45) is 5.73 Å². The van der Waals surface area contributed by atoms with Crippen LogP contribution in [-0.2, 0) is 6.54 Å². The largest absolute Gasteiger partial charge is 0.326 e. The fraction of sp³-hybridized carbons (Fsp3) is 0.167. The van der Waals surface area contributed by atoms with Crippen LogP contribution in [0.5, 0.6) is 0 Å². The monoisotopic (exact) mass is 220 g/mol. The Morgan fingerprint density at radius 1 is 1.60 bits per heavy atom. The number of halogens is 2. The minimum absolute atomic E-state index is 0.467. The highest BCUT2D eigenvalue weighted by molar-refractivity contribution is 9.10. The van der Waals surface area contributed by atoms with E-state index < -0.39 is 0 Å². The average molecular weight is 221 g/mol. The molecule has 4 heteroatoms. The summed E-state index contributed by atoms with van der Waals surface area (Å²) in [5, 5.41) is 0.467. The Labute approximate surface area is 72.5 Å². The van der Waals surface area contributed by atoms with Gasteiger partial charge in [0, 0.05) is 6.54 Å². The molecular weight excluding hydrogens is 215 g/mol. The van der Waals surface area contributed by atoms with E-state index in [4.69, 9.17) is 17.3 Å². The molecule has 0 fully saturated rings. The van der Waals surface area contributed by atoms with E-state index in [0.717, 1.165) is 10.2 Å². The summed E-state index contributed by atoms with van der Waals surface area (Å²) in [6, 6.07) is 3.58. The first-order valence-electron chi connectivity index (χ1n) is 2.74.